The van der Waals surface area contributed by atoms with Crippen molar-refractivity contribution in [2.75, 3.05) is 0 Å². The van der Waals surface area contributed by atoms with Gasteiger partial charge in [-0.05, 0) is 18.6 Å². The first kappa shape index (κ1) is 16.2. The molecular weight excluding hydrogens is 300 g/mol. The molecule has 1 aromatic heterocycles. The molecule has 0 aliphatic rings. The molecule has 2 N–H and O–H groups in total. The molecule has 0 saturated carbocycles. The molecular formula is C16H14N2O5. The van der Waals surface area contributed by atoms with Crippen molar-refractivity contribution in [2.45, 2.75) is 13.5 Å². The molecule has 2 aromatic rings. The smallest absolute Gasteiger partial charge is 0.371 e. The molecule has 1 aromatic carbocycles. The monoisotopic (exact) mass is 314 g/mol. The van der Waals surface area contributed by atoms with E-state index < -0.39 is 17.5 Å². The minimum Gasteiger partial charge on any atom is -0.502 e. The number of aliphatic carboxylic acids is 1. The van der Waals surface area contributed by atoms with E-state index in [4.69, 9.17) is 10.2 Å². The summed E-state index contributed by atoms with van der Waals surface area (Å²) in [7, 11) is 0. The van der Waals surface area contributed by atoms with Gasteiger partial charge in [-0.15, -0.1) is 0 Å². The van der Waals surface area contributed by atoms with E-state index in [0.717, 1.165) is 5.56 Å². The fraction of sp³-hybridized carbons (Fsp3) is 0.125. The summed E-state index contributed by atoms with van der Waals surface area (Å²) in [5.41, 5.74) is 1.53. The van der Waals surface area contributed by atoms with Crippen LogP contribution in [0.3, 0.4) is 0 Å². The first-order chi connectivity index (χ1) is 10.9. The molecule has 0 fully saturated rings. The highest BCUT2D eigenvalue weighted by Gasteiger charge is 2.12. The number of hydrogen-bond acceptors (Lipinski definition) is 5. The molecule has 118 valence electrons. The van der Waals surface area contributed by atoms with Gasteiger partial charge in [0.1, 0.15) is 5.69 Å². The fourth-order valence-electron chi connectivity index (χ4n) is 1.87. The molecule has 1 heterocycles. The molecule has 7 heteroatoms. The molecule has 0 saturated heterocycles. The predicted molar refractivity (Wildman–Crippen MR) is 80.5 cm³/mol. The van der Waals surface area contributed by atoms with Crippen molar-refractivity contribution >= 4 is 17.5 Å². The molecule has 0 aliphatic carbocycles. The quantitative estimate of drug-likeness (QED) is 0.478. The summed E-state index contributed by atoms with van der Waals surface area (Å²) in [6.07, 6.45) is 2.18. The number of benzene rings is 1. The zero-order valence-electron chi connectivity index (χ0n) is 12.3. The second kappa shape index (κ2) is 6.69. The summed E-state index contributed by atoms with van der Waals surface area (Å²) < 4.78 is 1.50. The number of carboxylic acid groups (broad SMARTS) is 1. The number of aromatic nitrogens is 2. The number of carboxylic acids is 1. The Balaban J connectivity index is 2.10. The zero-order chi connectivity index (χ0) is 17.0. The number of ketones is 2. The highest BCUT2D eigenvalue weighted by molar-refractivity contribution is 6.06. The van der Waals surface area contributed by atoms with E-state index in [2.05, 4.69) is 5.10 Å². The number of aliphatic hydroxyl groups excluding tert-OH is 1. The van der Waals surface area contributed by atoms with E-state index >= 15 is 0 Å². The van der Waals surface area contributed by atoms with Gasteiger partial charge in [-0.3, -0.25) is 14.3 Å². The number of rotatable bonds is 6. The summed E-state index contributed by atoms with van der Waals surface area (Å²) in [4.78, 5) is 33.4. The summed E-state index contributed by atoms with van der Waals surface area (Å²) in [5.74, 6) is -3.34. The van der Waals surface area contributed by atoms with Crippen LogP contribution in [0.2, 0.25) is 0 Å². The molecule has 0 spiro atoms. The van der Waals surface area contributed by atoms with Crippen LogP contribution < -0.4 is 0 Å². The van der Waals surface area contributed by atoms with E-state index in [9.17, 15) is 14.4 Å². The lowest BCUT2D eigenvalue weighted by molar-refractivity contribution is -0.135. The van der Waals surface area contributed by atoms with Crippen molar-refractivity contribution in [3.05, 3.63) is 65.2 Å². The Hall–Kier alpha value is -3.22. The first-order valence-corrected chi connectivity index (χ1v) is 6.68. The number of allylic oxidation sites excluding steroid dienone is 1. The Labute approximate surface area is 131 Å². The Morgan fingerprint density at radius 3 is 2.35 bits per heavy atom. The fourth-order valence-corrected chi connectivity index (χ4v) is 1.87. The standard InChI is InChI=1S/C16H14N2O5/c1-10(19)12-4-2-11(3-5-12)9-18-7-6-13(17-18)14(20)8-15(21)16(22)23/h2-8,21H,9H2,1H3,(H,22,23). The summed E-state index contributed by atoms with van der Waals surface area (Å²) >= 11 is 0. The number of Topliss-reactive ketones (excluding diaryl/α,β-unsaturated/α-hetero) is 1. The molecule has 0 unspecified atom stereocenters. The Morgan fingerprint density at radius 2 is 1.78 bits per heavy atom. The molecule has 2 rings (SSSR count). The number of hydrogen-bond donors (Lipinski definition) is 2. The summed E-state index contributed by atoms with van der Waals surface area (Å²) in [5, 5.41) is 21.6. The van der Waals surface area contributed by atoms with E-state index in [1.807, 2.05) is 0 Å². The highest BCUT2D eigenvalue weighted by Crippen LogP contribution is 2.08. The maximum absolute atomic E-state index is 11.7. The van der Waals surface area contributed by atoms with E-state index in [0.29, 0.717) is 18.2 Å². The third-order valence-electron chi connectivity index (χ3n) is 3.09. The van der Waals surface area contributed by atoms with Crippen LogP contribution >= 0.6 is 0 Å². The van der Waals surface area contributed by atoms with Gasteiger partial charge in [-0.2, -0.15) is 5.10 Å². The van der Waals surface area contributed by atoms with Crippen LogP contribution in [-0.2, 0) is 11.3 Å². The predicted octanol–water partition coefficient (Wildman–Crippen LogP) is 1.84. The average molecular weight is 314 g/mol. The van der Waals surface area contributed by atoms with Gasteiger partial charge in [-0.1, -0.05) is 24.3 Å². The summed E-state index contributed by atoms with van der Waals surface area (Å²) in [6, 6.07) is 8.42. The number of carbonyl (C=O) groups is 3. The molecule has 0 amide bonds. The van der Waals surface area contributed by atoms with Gasteiger partial charge in [0.15, 0.2) is 5.78 Å². The van der Waals surface area contributed by atoms with Crippen LogP contribution in [0, 0.1) is 0 Å². The molecule has 0 atom stereocenters. The second-order valence-corrected chi connectivity index (χ2v) is 4.85. The minimum atomic E-state index is -1.58. The average Bonchev–Trinajstić information content (AvgIpc) is 2.96. The van der Waals surface area contributed by atoms with E-state index in [1.165, 1.54) is 17.7 Å². The van der Waals surface area contributed by atoms with Crippen molar-refractivity contribution < 1.29 is 24.6 Å². The zero-order valence-corrected chi connectivity index (χ0v) is 12.3. The van der Waals surface area contributed by atoms with Crippen molar-refractivity contribution in [3.8, 4) is 0 Å². The highest BCUT2D eigenvalue weighted by atomic mass is 16.4. The Kier molecular flexibility index (Phi) is 4.70. The molecule has 0 radical (unpaired) electrons. The van der Waals surface area contributed by atoms with Crippen LogP contribution in [0.15, 0.2) is 48.4 Å². The maximum atomic E-state index is 11.7. The van der Waals surface area contributed by atoms with Crippen LogP contribution in [0.1, 0.15) is 33.3 Å². The number of aliphatic hydroxyl groups is 1. The minimum absolute atomic E-state index is 0.0199. The maximum Gasteiger partial charge on any atom is 0.371 e. The number of carbonyl (C=O) groups excluding carboxylic acids is 2. The van der Waals surface area contributed by atoms with Gasteiger partial charge in [-0.25, -0.2) is 4.79 Å². The van der Waals surface area contributed by atoms with E-state index in [1.54, 1.807) is 30.5 Å². The first-order valence-electron chi connectivity index (χ1n) is 6.68. The van der Waals surface area contributed by atoms with Crippen molar-refractivity contribution in [1.29, 1.82) is 0 Å². The second-order valence-electron chi connectivity index (χ2n) is 4.85. The van der Waals surface area contributed by atoms with Gasteiger partial charge in [0.05, 0.1) is 6.54 Å². The SMILES string of the molecule is CC(=O)c1ccc(Cn2ccc(C(=O)C=C(O)C(=O)O)n2)cc1. The van der Waals surface area contributed by atoms with Gasteiger partial charge < -0.3 is 10.2 Å². The lowest BCUT2D eigenvalue weighted by Crippen LogP contribution is -2.06. The number of nitrogens with zero attached hydrogens (tertiary/aromatic N) is 2. The normalized spacial score (nSPS) is 11.3. The Morgan fingerprint density at radius 1 is 1.13 bits per heavy atom. The molecule has 0 bridgehead atoms. The lowest BCUT2D eigenvalue weighted by Gasteiger charge is -2.03. The van der Waals surface area contributed by atoms with Gasteiger partial charge >= 0.3 is 5.97 Å². The van der Waals surface area contributed by atoms with E-state index in [-0.39, 0.29) is 11.5 Å². The summed E-state index contributed by atoms with van der Waals surface area (Å²) in [6.45, 7) is 1.88. The third kappa shape index (κ3) is 4.13. The van der Waals surface area contributed by atoms with Crippen molar-refractivity contribution in [2.24, 2.45) is 0 Å². The van der Waals surface area contributed by atoms with Gasteiger partial charge in [0.2, 0.25) is 11.5 Å². The molecule has 7 nitrogen and oxygen atoms in total. The van der Waals surface area contributed by atoms with Crippen molar-refractivity contribution in [3.63, 3.8) is 0 Å². The van der Waals surface area contributed by atoms with Gasteiger partial charge in [0.25, 0.3) is 0 Å². The van der Waals surface area contributed by atoms with Crippen LogP contribution in [0.5, 0.6) is 0 Å². The van der Waals surface area contributed by atoms with Gasteiger partial charge in [0, 0.05) is 17.8 Å². The topological polar surface area (TPSA) is 109 Å². The van der Waals surface area contributed by atoms with Crippen molar-refractivity contribution in [1.82, 2.24) is 9.78 Å². The van der Waals surface area contributed by atoms with Crippen LogP contribution in [-0.4, -0.2) is 37.5 Å². The third-order valence-corrected chi connectivity index (χ3v) is 3.09. The Bertz CT molecular complexity index is 787. The largest absolute Gasteiger partial charge is 0.502 e. The van der Waals surface area contributed by atoms with Crippen LogP contribution in [0.4, 0.5) is 0 Å². The lowest BCUT2D eigenvalue weighted by atomic mass is 10.1. The van der Waals surface area contributed by atoms with Crippen LogP contribution in [0.25, 0.3) is 0 Å². The molecule has 0 aliphatic heterocycles. The molecule has 23 heavy (non-hydrogen) atoms.